The third-order valence-corrected chi connectivity index (χ3v) is 3.64. The Labute approximate surface area is 96.7 Å². The van der Waals surface area contributed by atoms with Gasteiger partial charge in [-0.25, -0.2) is 0 Å². The molecule has 92 valence electrons. The van der Waals surface area contributed by atoms with E-state index in [0.717, 1.165) is 0 Å². The average Bonchev–Trinajstić information content (AvgIpc) is 2.25. The van der Waals surface area contributed by atoms with Crippen LogP contribution >= 0.6 is 0 Å². The fourth-order valence-corrected chi connectivity index (χ4v) is 2.07. The van der Waals surface area contributed by atoms with Crippen molar-refractivity contribution in [3.05, 3.63) is 12.7 Å². The van der Waals surface area contributed by atoms with Crippen LogP contribution in [0.1, 0.15) is 27.2 Å². The van der Waals surface area contributed by atoms with E-state index in [1.165, 1.54) is 6.08 Å². The summed E-state index contributed by atoms with van der Waals surface area (Å²) in [7, 11) is 0. The predicted octanol–water partition coefficient (Wildman–Crippen LogP) is 0.855. The van der Waals surface area contributed by atoms with Gasteiger partial charge in [0.1, 0.15) is 0 Å². The van der Waals surface area contributed by atoms with Crippen LogP contribution in [-0.4, -0.2) is 35.9 Å². The first-order chi connectivity index (χ1) is 7.37. The zero-order valence-corrected chi connectivity index (χ0v) is 10.2. The first-order valence-corrected chi connectivity index (χ1v) is 5.61. The number of aliphatic hydroxyl groups is 1. The van der Waals surface area contributed by atoms with E-state index < -0.39 is 5.60 Å². The molecule has 0 aromatic rings. The lowest BCUT2D eigenvalue weighted by atomic mass is 9.56. The summed E-state index contributed by atoms with van der Waals surface area (Å²) >= 11 is 0. The van der Waals surface area contributed by atoms with Crippen molar-refractivity contribution in [2.45, 2.75) is 38.9 Å². The second-order valence-electron chi connectivity index (χ2n) is 4.82. The van der Waals surface area contributed by atoms with Crippen LogP contribution < -0.4 is 5.32 Å². The minimum Gasteiger partial charge on any atom is -0.387 e. The van der Waals surface area contributed by atoms with Gasteiger partial charge in [0.25, 0.3) is 0 Å². The Morgan fingerprint density at radius 2 is 2.31 bits per heavy atom. The summed E-state index contributed by atoms with van der Waals surface area (Å²) in [5.41, 5.74) is -1.22. The molecule has 0 saturated heterocycles. The highest BCUT2D eigenvalue weighted by molar-refractivity contribution is 5.86. The number of nitrogens with one attached hydrogen (secondary N) is 1. The van der Waals surface area contributed by atoms with E-state index in [1.807, 2.05) is 20.8 Å². The third-order valence-electron chi connectivity index (χ3n) is 3.64. The molecule has 1 rings (SSSR count). The van der Waals surface area contributed by atoms with Gasteiger partial charge in [-0.15, -0.1) is 0 Å². The Kier molecular flexibility index (Phi) is 3.76. The zero-order chi connectivity index (χ0) is 12.4. The lowest BCUT2D eigenvalue weighted by Gasteiger charge is -2.57. The van der Waals surface area contributed by atoms with Crippen LogP contribution in [0, 0.1) is 5.41 Å². The fourth-order valence-electron chi connectivity index (χ4n) is 2.07. The maximum atomic E-state index is 11.0. The van der Waals surface area contributed by atoms with Crippen LogP contribution in [0.5, 0.6) is 0 Å². The van der Waals surface area contributed by atoms with Gasteiger partial charge < -0.3 is 15.2 Å². The largest absolute Gasteiger partial charge is 0.387 e. The highest BCUT2D eigenvalue weighted by atomic mass is 16.5. The number of hydrogen-bond donors (Lipinski definition) is 2. The van der Waals surface area contributed by atoms with Crippen LogP contribution in [-0.2, 0) is 9.53 Å². The van der Waals surface area contributed by atoms with Gasteiger partial charge >= 0.3 is 0 Å². The molecule has 1 amide bonds. The molecule has 0 heterocycles. The van der Waals surface area contributed by atoms with Crippen molar-refractivity contribution in [2.75, 3.05) is 13.2 Å². The van der Waals surface area contributed by atoms with Gasteiger partial charge in [-0.1, -0.05) is 20.4 Å². The number of ether oxygens (including phenoxy) is 1. The van der Waals surface area contributed by atoms with Crippen molar-refractivity contribution in [2.24, 2.45) is 5.41 Å². The zero-order valence-electron chi connectivity index (χ0n) is 10.2. The highest BCUT2D eigenvalue weighted by Gasteiger charge is 2.59. The molecule has 2 atom stereocenters. The van der Waals surface area contributed by atoms with Gasteiger partial charge in [-0.05, 0) is 13.0 Å². The summed E-state index contributed by atoms with van der Waals surface area (Å²) in [6, 6.07) is 0. The Balaban J connectivity index is 2.54. The van der Waals surface area contributed by atoms with Crippen LogP contribution in [0.3, 0.4) is 0 Å². The number of rotatable bonds is 5. The van der Waals surface area contributed by atoms with E-state index in [4.69, 9.17) is 4.74 Å². The van der Waals surface area contributed by atoms with Crippen LogP contribution in [0.2, 0.25) is 0 Å². The van der Waals surface area contributed by atoms with Crippen molar-refractivity contribution in [1.82, 2.24) is 5.32 Å². The molecule has 4 heteroatoms. The number of hydrogen-bond acceptors (Lipinski definition) is 3. The predicted molar refractivity (Wildman–Crippen MR) is 62.0 cm³/mol. The second kappa shape index (κ2) is 4.55. The molecule has 1 fully saturated rings. The number of carbonyl (C=O) groups excluding carboxylic acids is 1. The Morgan fingerprint density at radius 1 is 1.69 bits per heavy atom. The van der Waals surface area contributed by atoms with Crippen LogP contribution in [0.15, 0.2) is 12.7 Å². The summed E-state index contributed by atoms with van der Waals surface area (Å²) in [6.45, 7) is 10.1. The maximum Gasteiger partial charge on any atom is 0.243 e. The molecule has 0 unspecified atom stereocenters. The Bertz CT molecular complexity index is 288. The molecule has 0 radical (unpaired) electrons. The van der Waals surface area contributed by atoms with Crippen molar-refractivity contribution in [3.63, 3.8) is 0 Å². The highest BCUT2D eigenvalue weighted by Crippen LogP contribution is 2.50. The normalized spacial score (nSPS) is 31.6. The number of carbonyl (C=O) groups is 1. The third kappa shape index (κ3) is 2.13. The van der Waals surface area contributed by atoms with E-state index in [2.05, 4.69) is 11.9 Å². The molecule has 0 spiro atoms. The van der Waals surface area contributed by atoms with E-state index in [-0.39, 0.29) is 24.0 Å². The number of amides is 1. The summed E-state index contributed by atoms with van der Waals surface area (Å²) in [5, 5.41) is 13.0. The smallest absolute Gasteiger partial charge is 0.243 e. The Hall–Kier alpha value is -0.870. The lowest BCUT2D eigenvalue weighted by Crippen LogP contribution is -2.68. The lowest BCUT2D eigenvalue weighted by molar-refractivity contribution is -0.238. The molecule has 1 aliphatic carbocycles. The first-order valence-electron chi connectivity index (χ1n) is 5.61. The van der Waals surface area contributed by atoms with E-state index >= 15 is 0 Å². The molecule has 0 aliphatic heterocycles. The summed E-state index contributed by atoms with van der Waals surface area (Å²) < 4.78 is 5.53. The molecule has 0 aromatic heterocycles. The molecule has 1 aliphatic rings. The van der Waals surface area contributed by atoms with Gasteiger partial charge in [0.05, 0.1) is 11.7 Å². The molecule has 1 saturated carbocycles. The standard InChI is InChI=1S/C12H21NO3/c1-5-10(14)13-8-12(15)7-9(16-6-2)11(12,3)4/h5,9,15H,1,6-8H2,2-4H3,(H,13,14)/t9-,12+/m0/s1. The van der Waals surface area contributed by atoms with Crippen molar-refractivity contribution in [1.29, 1.82) is 0 Å². The summed E-state index contributed by atoms with van der Waals surface area (Å²) in [5.74, 6) is -0.260. The SMILES string of the molecule is C=CC(=O)NC[C@]1(O)C[C@H](OCC)C1(C)C. The maximum absolute atomic E-state index is 11.0. The van der Waals surface area contributed by atoms with E-state index in [0.29, 0.717) is 13.0 Å². The first kappa shape index (κ1) is 13.2. The summed E-state index contributed by atoms with van der Waals surface area (Å²) in [4.78, 5) is 11.0. The van der Waals surface area contributed by atoms with Gasteiger partial charge in [-0.3, -0.25) is 4.79 Å². The molecular weight excluding hydrogens is 206 g/mol. The van der Waals surface area contributed by atoms with Crippen LogP contribution in [0.4, 0.5) is 0 Å². The summed E-state index contributed by atoms with van der Waals surface area (Å²) in [6.07, 6.45) is 1.82. The Morgan fingerprint density at radius 3 is 2.75 bits per heavy atom. The van der Waals surface area contributed by atoms with Crippen molar-refractivity contribution >= 4 is 5.91 Å². The average molecular weight is 227 g/mol. The molecule has 0 aromatic carbocycles. The monoisotopic (exact) mass is 227 g/mol. The van der Waals surface area contributed by atoms with Gasteiger partial charge in [-0.2, -0.15) is 0 Å². The van der Waals surface area contributed by atoms with Crippen molar-refractivity contribution in [3.8, 4) is 0 Å². The molecule has 2 N–H and O–H groups in total. The van der Waals surface area contributed by atoms with E-state index in [1.54, 1.807) is 0 Å². The quantitative estimate of drug-likeness (QED) is 0.685. The molecule has 0 bridgehead atoms. The van der Waals surface area contributed by atoms with Gasteiger partial charge in [0, 0.05) is 25.0 Å². The van der Waals surface area contributed by atoms with Gasteiger partial charge in [0.2, 0.25) is 5.91 Å². The molecule has 4 nitrogen and oxygen atoms in total. The fraction of sp³-hybridized carbons (Fsp3) is 0.750. The van der Waals surface area contributed by atoms with Crippen LogP contribution in [0.25, 0.3) is 0 Å². The molecule has 16 heavy (non-hydrogen) atoms. The van der Waals surface area contributed by atoms with E-state index in [9.17, 15) is 9.90 Å². The second-order valence-corrected chi connectivity index (χ2v) is 4.82. The topological polar surface area (TPSA) is 58.6 Å². The minimum absolute atomic E-state index is 0.0585. The molecular formula is C12H21NO3. The van der Waals surface area contributed by atoms with Gasteiger partial charge in [0.15, 0.2) is 0 Å². The minimum atomic E-state index is -0.883. The van der Waals surface area contributed by atoms with Crippen molar-refractivity contribution < 1.29 is 14.6 Å².